The highest BCUT2D eigenvalue weighted by atomic mass is 32.2. The number of carbonyl (C=O) groups is 2. The normalized spacial score (nSPS) is 11.7. The zero-order valence-electron chi connectivity index (χ0n) is 25.3. The van der Waals surface area contributed by atoms with Gasteiger partial charge in [-0.2, -0.15) is 0 Å². The van der Waals surface area contributed by atoms with Crippen LogP contribution in [0.15, 0.2) is 71.6 Å². The second kappa shape index (κ2) is 15.1. The Morgan fingerprint density at radius 3 is 2.09 bits per heavy atom. The number of rotatable bonds is 15. The highest BCUT2D eigenvalue weighted by molar-refractivity contribution is 7.92. The average Bonchev–Trinajstić information content (AvgIpc) is 3.03. The molecular weight excluding hydrogens is 574 g/mol. The van der Waals surface area contributed by atoms with Crippen LogP contribution in [0.3, 0.4) is 0 Å². The van der Waals surface area contributed by atoms with Crippen LogP contribution in [0.1, 0.15) is 19.4 Å². The van der Waals surface area contributed by atoms with Gasteiger partial charge < -0.3 is 29.2 Å². The molecule has 0 spiro atoms. The van der Waals surface area contributed by atoms with Crippen molar-refractivity contribution in [2.45, 2.75) is 31.2 Å². The Bertz CT molecular complexity index is 1500. The average molecular weight is 614 g/mol. The number of nitrogens with zero attached hydrogens (tertiary/aromatic N) is 2. The summed E-state index contributed by atoms with van der Waals surface area (Å²) in [5, 5.41) is 2.75. The van der Waals surface area contributed by atoms with Gasteiger partial charge >= 0.3 is 0 Å². The molecular formula is C31H39N3O8S. The Balaban J connectivity index is 2.12. The number of benzene rings is 3. The van der Waals surface area contributed by atoms with E-state index in [1.54, 1.807) is 26.0 Å². The SMILES string of the molecule is CCNC(=O)[C@H](C)N(CCc1ccccc1)C(=O)CN(c1cc(OC)ccc1OC)S(=O)(=O)c1ccc(OC)c(OC)c1. The highest BCUT2D eigenvalue weighted by Crippen LogP contribution is 2.37. The Morgan fingerprint density at radius 1 is 0.837 bits per heavy atom. The maximum Gasteiger partial charge on any atom is 0.265 e. The van der Waals surface area contributed by atoms with Crippen LogP contribution >= 0.6 is 0 Å². The molecule has 0 aliphatic heterocycles. The molecule has 3 aromatic rings. The lowest BCUT2D eigenvalue weighted by Gasteiger charge is -2.32. The molecule has 0 saturated carbocycles. The van der Waals surface area contributed by atoms with E-state index in [1.807, 2.05) is 30.3 Å². The van der Waals surface area contributed by atoms with Crippen LogP contribution in [0.25, 0.3) is 0 Å². The number of methoxy groups -OCH3 is 4. The van der Waals surface area contributed by atoms with Crippen molar-refractivity contribution < 1.29 is 37.0 Å². The first-order chi connectivity index (χ1) is 20.6. The fourth-order valence-electron chi connectivity index (χ4n) is 4.50. The number of hydrogen-bond donors (Lipinski definition) is 1. The number of hydrogen-bond acceptors (Lipinski definition) is 8. The first-order valence-electron chi connectivity index (χ1n) is 13.7. The van der Waals surface area contributed by atoms with Gasteiger partial charge in [-0.1, -0.05) is 30.3 Å². The van der Waals surface area contributed by atoms with Gasteiger partial charge in [0.1, 0.15) is 24.1 Å². The third-order valence-corrected chi connectivity index (χ3v) is 8.63. The fraction of sp³-hybridized carbons (Fsp3) is 0.355. The number of amides is 2. The van der Waals surface area contributed by atoms with Crippen LogP contribution in [0.5, 0.6) is 23.0 Å². The van der Waals surface area contributed by atoms with E-state index in [-0.39, 0.29) is 34.5 Å². The van der Waals surface area contributed by atoms with Crippen LogP contribution in [0, 0.1) is 0 Å². The van der Waals surface area contributed by atoms with Crippen molar-refractivity contribution in [2.75, 3.05) is 52.4 Å². The topological polar surface area (TPSA) is 124 Å². The second-order valence-electron chi connectivity index (χ2n) is 9.46. The molecule has 0 unspecified atom stereocenters. The van der Waals surface area contributed by atoms with Gasteiger partial charge in [0.2, 0.25) is 11.8 Å². The van der Waals surface area contributed by atoms with Crippen LogP contribution < -0.4 is 28.6 Å². The summed E-state index contributed by atoms with van der Waals surface area (Å²) in [6.45, 7) is 3.34. The van der Waals surface area contributed by atoms with E-state index >= 15 is 0 Å². The molecule has 3 rings (SSSR count). The monoisotopic (exact) mass is 613 g/mol. The summed E-state index contributed by atoms with van der Waals surface area (Å²) < 4.78 is 51.0. The van der Waals surface area contributed by atoms with Gasteiger partial charge in [0.05, 0.1) is 39.0 Å². The van der Waals surface area contributed by atoms with Gasteiger partial charge in [0.25, 0.3) is 10.0 Å². The van der Waals surface area contributed by atoms with Crippen molar-refractivity contribution in [3.8, 4) is 23.0 Å². The van der Waals surface area contributed by atoms with Gasteiger partial charge in [0.15, 0.2) is 11.5 Å². The van der Waals surface area contributed by atoms with E-state index in [4.69, 9.17) is 18.9 Å². The Morgan fingerprint density at radius 2 is 1.49 bits per heavy atom. The predicted octanol–water partition coefficient (Wildman–Crippen LogP) is 3.51. The molecule has 232 valence electrons. The van der Waals surface area contributed by atoms with E-state index in [0.717, 1.165) is 9.87 Å². The highest BCUT2D eigenvalue weighted by Gasteiger charge is 2.34. The van der Waals surface area contributed by atoms with Gasteiger partial charge in [0, 0.05) is 25.2 Å². The minimum atomic E-state index is -4.41. The van der Waals surface area contributed by atoms with Crippen molar-refractivity contribution in [3.05, 3.63) is 72.3 Å². The van der Waals surface area contributed by atoms with Crippen molar-refractivity contribution in [1.82, 2.24) is 10.2 Å². The number of carbonyl (C=O) groups excluding carboxylic acids is 2. The minimum Gasteiger partial charge on any atom is -0.497 e. The van der Waals surface area contributed by atoms with Crippen LogP contribution in [-0.2, 0) is 26.0 Å². The molecule has 0 bridgehead atoms. The van der Waals surface area contributed by atoms with Gasteiger partial charge in [-0.3, -0.25) is 13.9 Å². The molecule has 3 aromatic carbocycles. The summed E-state index contributed by atoms with van der Waals surface area (Å²) >= 11 is 0. The van der Waals surface area contributed by atoms with Gasteiger partial charge in [-0.25, -0.2) is 8.42 Å². The lowest BCUT2D eigenvalue weighted by molar-refractivity contribution is -0.138. The molecule has 0 heterocycles. The zero-order valence-corrected chi connectivity index (χ0v) is 26.1. The summed E-state index contributed by atoms with van der Waals surface area (Å²) in [6.07, 6.45) is 0.460. The smallest absolute Gasteiger partial charge is 0.265 e. The first-order valence-corrected chi connectivity index (χ1v) is 15.1. The van der Waals surface area contributed by atoms with E-state index in [9.17, 15) is 18.0 Å². The largest absolute Gasteiger partial charge is 0.497 e. The molecule has 0 aliphatic carbocycles. The number of likely N-dealkylation sites (N-methyl/N-ethyl adjacent to an activating group) is 1. The van der Waals surface area contributed by atoms with E-state index in [1.165, 1.54) is 57.6 Å². The molecule has 0 radical (unpaired) electrons. The summed E-state index contributed by atoms with van der Waals surface area (Å²) in [5.74, 6) is 0.158. The zero-order chi connectivity index (χ0) is 31.6. The Labute approximate surface area is 253 Å². The maximum absolute atomic E-state index is 14.3. The van der Waals surface area contributed by atoms with E-state index < -0.39 is 28.5 Å². The minimum absolute atomic E-state index is 0.0821. The summed E-state index contributed by atoms with van der Waals surface area (Å²) in [6, 6.07) is 17.5. The van der Waals surface area contributed by atoms with Crippen molar-refractivity contribution in [1.29, 1.82) is 0 Å². The predicted molar refractivity (Wildman–Crippen MR) is 164 cm³/mol. The molecule has 1 atom stereocenters. The molecule has 0 aromatic heterocycles. The second-order valence-corrected chi connectivity index (χ2v) is 11.3. The molecule has 0 fully saturated rings. The summed E-state index contributed by atoms with van der Waals surface area (Å²) in [7, 11) is 1.28. The van der Waals surface area contributed by atoms with E-state index in [2.05, 4.69) is 5.32 Å². The Hall–Kier alpha value is -4.45. The summed E-state index contributed by atoms with van der Waals surface area (Å²) in [5.41, 5.74) is 1.05. The number of ether oxygens (including phenoxy) is 4. The van der Waals surface area contributed by atoms with Gasteiger partial charge in [-0.05, 0) is 50.1 Å². The molecule has 1 N–H and O–H groups in total. The third-order valence-electron chi connectivity index (χ3n) is 6.88. The lowest BCUT2D eigenvalue weighted by atomic mass is 10.1. The molecule has 11 nitrogen and oxygen atoms in total. The Kier molecular flexibility index (Phi) is 11.6. The number of anilines is 1. The molecule has 2 amide bonds. The van der Waals surface area contributed by atoms with Crippen molar-refractivity contribution >= 4 is 27.5 Å². The first kappa shape index (κ1) is 33.1. The quantitative estimate of drug-likeness (QED) is 0.276. The molecule has 43 heavy (non-hydrogen) atoms. The van der Waals surface area contributed by atoms with Crippen LogP contribution in [0.4, 0.5) is 5.69 Å². The van der Waals surface area contributed by atoms with Crippen LogP contribution in [-0.4, -0.2) is 79.2 Å². The number of sulfonamides is 1. The van der Waals surface area contributed by atoms with Gasteiger partial charge in [-0.15, -0.1) is 0 Å². The fourth-order valence-corrected chi connectivity index (χ4v) is 5.93. The molecule has 0 saturated heterocycles. The van der Waals surface area contributed by atoms with E-state index in [0.29, 0.717) is 24.5 Å². The van der Waals surface area contributed by atoms with Crippen molar-refractivity contribution in [3.63, 3.8) is 0 Å². The summed E-state index contributed by atoms with van der Waals surface area (Å²) in [4.78, 5) is 28.2. The number of nitrogens with one attached hydrogen (secondary N) is 1. The lowest BCUT2D eigenvalue weighted by Crippen LogP contribution is -2.52. The maximum atomic E-state index is 14.3. The van der Waals surface area contributed by atoms with Crippen LogP contribution in [0.2, 0.25) is 0 Å². The standard InChI is InChI=1S/C31H39N3O8S/c1-7-32-31(36)22(2)33(18-17-23-11-9-8-10-12-23)30(35)21-34(26-19-24(39-3)13-15-27(26)40-4)43(37,38)25-14-16-28(41-5)29(20-25)42-6/h8-16,19-20,22H,7,17-18,21H2,1-6H3,(H,32,36)/t22-/m0/s1. The third kappa shape index (κ3) is 7.89. The van der Waals surface area contributed by atoms with Crippen molar-refractivity contribution in [2.24, 2.45) is 0 Å². The molecule has 0 aliphatic rings. The molecule has 12 heteroatoms.